The molecule has 1 aliphatic heterocycles. The number of fused-ring (bicyclic) bond motifs is 1. The molecule has 1 saturated heterocycles. The second-order valence-corrected chi connectivity index (χ2v) is 10.7. The van der Waals surface area contributed by atoms with Gasteiger partial charge in [0, 0.05) is 22.1 Å². The zero-order valence-corrected chi connectivity index (χ0v) is 20.8. The Hall–Kier alpha value is -3.13. The van der Waals surface area contributed by atoms with E-state index in [1.165, 1.54) is 24.3 Å². The molecule has 0 radical (unpaired) electrons. The van der Waals surface area contributed by atoms with Gasteiger partial charge in [-0.15, -0.1) is 10.2 Å². The third-order valence-corrected chi connectivity index (χ3v) is 7.07. The maximum atomic E-state index is 12.7. The number of primary sulfonamides is 1. The van der Waals surface area contributed by atoms with E-state index in [2.05, 4.69) is 36.5 Å². The number of rotatable bonds is 6. The van der Waals surface area contributed by atoms with E-state index in [1.54, 1.807) is 18.2 Å². The fraction of sp³-hybridized carbons (Fsp3) is 0.273. The number of H-pyrrole nitrogens is 1. The molecule has 1 fully saturated rings. The molecule has 2 heterocycles. The summed E-state index contributed by atoms with van der Waals surface area (Å²) in [5.74, 6) is -1.30. The van der Waals surface area contributed by atoms with Gasteiger partial charge in [0.25, 0.3) is 5.91 Å². The number of nitrogens with zero attached hydrogens (tertiary/aromatic N) is 3. The Labute approximate surface area is 209 Å². The number of hydrogen-bond donors (Lipinski definition) is 4. The predicted molar refractivity (Wildman–Crippen MR) is 133 cm³/mol. The lowest BCUT2D eigenvalue weighted by Gasteiger charge is -2.30. The van der Waals surface area contributed by atoms with Crippen molar-refractivity contribution in [1.82, 2.24) is 9.88 Å². The van der Waals surface area contributed by atoms with Crippen molar-refractivity contribution in [2.24, 2.45) is 21.3 Å². The van der Waals surface area contributed by atoms with Crippen LogP contribution in [0.1, 0.15) is 12.8 Å². The van der Waals surface area contributed by atoms with Gasteiger partial charge >= 0.3 is 0 Å². The summed E-state index contributed by atoms with van der Waals surface area (Å²) in [7, 11) is -3.81. The molecule has 5 N–H and O–H groups in total. The van der Waals surface area contributed by atoms with Crippen molar-refractivity contribution in [1.29, 1.82) is 0 Å². The van der Waals surface area contributed by atoms with Crippen molar-refractivity contribution in [2.45, 2.75) is 17.7 Å². The average molecular weight is 563 g/mol. The van der Waals surface area contributed by atoms with E-state index in [4.69, 9.17) is 5.14 Å². The monoisotopic (exact) mass is 562 g/mol. The summed E-state index contributed by atoms with van der Waals surface area (Å²) in [6, 6.07) is 10.9. The highest BCUT2D eigenvalue weighted by Gasteiger charge is 2.27. The Morgan fingerprint density at radius 2 is 1.97 bits per heavy atom. The highest BCUT2D eigenvalue weighted by Crippen LogP contribution is 2.36. The van der Waals surface area contributed by atoms with Crippen molar-refractivity contribution in [2.75, 3.05) is 25.0 Å². The largest absolute Gasteiger partial charge is 0.493 e. The Morgan fingerprint density at radius 1 is 1.23 bits per heavy atom. The molecule has 0 bridgehead atoms. The van der Waals surface area contributed by atoms with Crippen molar-refractivity contribution >= 4 is 60.0 Å². The van der Waals surface area contributed by atoms with E-state index in [1.807, 2.05) is 4.90 Å². The zero-order chi connectivity index (χ0) is 25.2. The number of carbonyl (C=O) groups is 2. The fourth-order valence-corrected chi connectivity index (χ4v) is 4.83. The summed E-state index contributed by atoms with van der Waals surface area (Å²) >= 11 is 3.36. The van der Waals surface area contributed by atoms with Gasteiger partial charge in [0.2, 0.25) is 21.8 Å². The zero-order valence-electron chi connectivity index (χ0n) is 18.4. The van der Waals surface area contributed by atoms with Crippen LogP contribution in [-0.2, 0) is 19.6 Å². The van der Waals surface area contributed by atoms with Crippen molar-refractivity contribution in [3.05, 3.63) is 46.9 Å². The number of aromatic amines is 1. The molecule has 0 aliphatic carbocycles. The number of anilines is 1. The summed E-state index contributed by atoms with van der Waals surface area (Å²) in [5.41, 5.74) is 1.29. The lowest BCUT2D eigenvalue weighted by molar-refractivity contribution is -0.125. The maximum absolute atomic E-state index is 12.7. The Bertz CT molecular complexity index is 1400. The lowest BCUT2D eigenvalue weighted by atomic mass is 9.97. The van der Waals surface area contributed by atoms with Crippen LogP contribution in [0.25, 0.3) is 10.9 Å². The van der Waals surface area contributed by atoms with Gasteiger partial charge in [-0.25, -0.2) is 13.6 Å². The fourth-order valence-electron chi connectivity index (χ4n) is 3.96. The molecule has 184 valence electrons. The topological polar surface area (TPSA) is 170 Å². The highest BCUT2D eigenvalue weighted by atomic mass is 79.9. The molecule has 2 aromatic carbocycles. The minimum absolute atomic E-state index is 0.0455. The average Bonchev–Trinajstić information content (AvgIpc) is 3.11. The van der Waals surface area contributed by atoms with Crippen LogP contribution in [0.5, 0.6) is 5.88 Å². The molecule has 1 aromatic heterocycles. The second kappa shape index (κ2) is 10.2. The van der Waals surface area contributed by atoms with Crippen LogP contribution >= 0.6 is 15.9 Å². The van der Waals surface area contributed by atoms with Gasteiger partial charge in [0.1, 0.15) is 0 Å². The second-order valence-electron chi connectivity index (χ2n) is 8.24. The van der Waals surface area contributed by atoms with Gasteiger partial charge in [0.05, 0.1) is 22.9 Å². The number of sulfonamides is 1. The SMILES string of the molecule is NS(=O)(=O)c1ccc(NC(=O)CN2CCCC(C(=O)N=Nc3c(O)[nH]c4cc(Br)ccc34)C2)cc1. The van der Waals surface area contributed by atoms with Crippen molar-refractivity contribution in [3.8, 4) is 5.88 Å². The molecule has 0 spiro atoms. The first-order chi connectivity index (χ1) is 16.6. The molecule has 4 rings (SSSR count). The predicted octanol–water partition coefficient (Wildman–Crippen LogP) is 3.24. The van der Waals surface area contributed by atoms with Gasteiger partial charge in [-0.3, -0.25) is 14.5 Å². The number of carbonyl (C=O) groups excluding carboxylic acids is 2. The van der Waals surface area contributed by atoms with Gasteiger partial charge in [-0.2, -0.15) is 0 Å². The minimum atomic E-state index is -3.81. The number of nitrogens with two attached hydrogens (primary N) is 1. The number of hydrogen-bond acceptors (Lipinski definition) is 7. The molecule has 1 aliphatic rings. The summed E-state index contributed by atoms with van der Waals surface area (Å²) in [6.07, 6.45) is 1.34. The van der Waals surface area contributed by atoms with E-state index in [9.17, 15) is 23.1 Å². The summed E-state index contributed by atoms with van der Waals surface area (Å²) in [4.78, 5) is 29.7. The third-order valence-electron chi connectivity index (χ3n) is 5.65. The smallest absolute Gasteiger partial charge is 0.269 e. The molecule has 1 unspecified atom stereocenters. The first-order valence-corrected chi connectivity index (χ1v) is 13.0. The van der Waals surface area contributed by atoms with Gasteiger partial charge < -0.3 is 15.4 Å². The molecule has 3 aromatic rings. The molecular weight excluding hydrogens is 540 g/mol. The Morgan fingerprint density at radius 3 is 2.69 bits per heavy atom. The van der Waals surface area contributed by atoms with Crippen LogP contribution < -0.4 is 10.5 Å². The first-order valence-electron chi connectivity index (χ1n) is 10.7. The maximum Gasteiger partial charge on any atom is 0.269 e. The van der Waals surface area contributed by atoms with E-state index in [-0.39, 0.29) is 28.9 Å². The standard InChI is InChI=1S/C22H23BrN6O5S/c23-14-3-8-17-18(10-14)26-22(32)20(17)27-28-21(31)13-2-1-9-29(11-13)12-19(30)25-15-4-6-16(7-5-15)35(24,33)34/h3-8,10,13,26,32H,1-2,9,11-12H2,(H,25,30)(H2,24,33,34). The molecule has 35 heavy (non-hydrogen) atoms. The summed E-state index contributed by atoms with van der Waals surface area (Å²) in [5, 5.41) is 26.4. The van der Waals surface area contributed by atoms with Gasteiger partial charge in [0.15, 0.2) is 5.69 Å². The normalized spacial score (nSPS) is 17.1. The number of azo groups is 1. The van der Waals surface area contributed by atoms with Crippen LogP contribution in [-0.4, -0.2) is 54.9 Å². The number of halogens is 1. The van der Waals surface area contributed by atoms with Gasteiger partial charge in [-0.1, -0.05) is 15.9 Å². The Balaban J connectivity index is 1.35. The lowest BCUT2D eigenvalue weighted by Crippen LogP contribution is -2.42. The number of nitrogens with one attached hydrogen (secondary N) is 2. The molecular formula is C22H23BrN6O5S. The van der Waals surface area contributed by atoms with Crippen LogP contribution in [0.15, 0.2) is 62.1 Å². The number of piperidine rings is 1. The van der Waals surface area contributed by atoms with E-state index in [0.29, 0.717) is 42.5 Å². The van der Waals surface area contributed by atoms with Crippen LogP contribution in [0.4, 0.5) is 11.4 Å². The molecule has 2 amide bonds. The van der Waals surface area contributed by atoms with Crippen molar-refractivity contribution in [3.63, 3.8) is 0 Å². The van der Waals surface area contributed by atoms with E-state index >= 15 is 0 Å². The molecule has 13 heteroatoms. The number of likely N-dealkylation sites (tertiary alicyclic amines) is 1. The third kappa shape index (κ3) is 6.11. The molecule has 11 nitrogen and oxygen atoms in total. The molecule has 1 atom stereocenters. The number of aromatic nitrogens is 1. The van der Waals surface area contributed by atoms with Crippen LogP contribution in [0.2, 0.25) is 0 Å². The minimum Gasteiger partial charge on any atom is -0.493 e. The van der Waals surface area contributed by atoms with Crippen LogP contribution in [0, 0.1) is 5.92 Å². The highest BCUT2D eigenvalue weighted by molar-refractivity contribution is 9.10. The van der Waals surface area contributed by atoms with Gasteiger partial charge in [-0.05, 0) is 61.9 Å². The quantitative estimate of drug-likeness (QED) is 0.336. The first kappa shape index (κ1) is 25.0. The Kier molecular flexibility index (Phi) is 7.31. The number of benzene rings is 2. The number of aromatic hydroxyl groups is 1. The van der Waals surface area contributed by atoms with Crippen LogP contribution in [0.3, 0.4) is 0 Å². The van der Waals surface area contributed by atoms with Crippen molar-refractivity contribution < 1.29 is 23.1 Å². The van der Waals surface area contributed by atoms with E-state index < -0.39 is 21.8 Å². The summed E-state index contributed by atoms with van der Waals surface area (Å²) < 4.78 is 23.5. The molecule has 0 saturated carbocycles. The number of amides is 2. The van der Waals surface area contributed by atoms with E-state index in [0.717, 1.165) is 4.47 Å². The summed E-state index contributed by atoms with van der Waals surface area (Å²) in [6.45, 7) is 1.06.